The lowest BCUT2D eigenvalue weighted by molar-refractivity contribution is 0.589. The van der Waals surface area contributed by atoms with Gasteiger partial charge in [0.05, 0.1) is 0 Å². The SMILES string of the molecule is CCNC(C)c1ccc(Br)cc1SCc1cccc(C)c1. The molecule has 1 atom stereocenters. The Kier molecular flexibility index (Phi) is 6.34. The van der Waals surface area contributed by atoms with E-state index in [1.54, 1.807) is 0 Å². The zero-order valence-electron chi connectivity index (χ0n) is 12.8. The predicted octanol–water partition coefficient (Wildman–Crippen LogP) is 5.72. The van der Waals surface area contributed by atoms with E-state index in [9.17, 15) is 0 Å². The van der Waals surface area contributed by atoms with Gasteiger partial charge in [-0.3, -0.25) is 0 Å². The number of halogens is 1. The second-order valence-electron chi connectivity index (χ2n) is 5.24. The molecule has 1 nitrogen and oxygen atoms in total. The zero-order chi connectivity index (χ0) is 15.2. The number of benzene rings is 2. The molecular formula is C18H22BrNS. The molecule has 2 aromatic rings. The largest absolute Gasteiger partial charge is 0.310 e. The van der Waals surface area contributed by atoms with Gasteiger partial charge in [0, 0.05) is 21.2 Å². The average molecular weight is 364 g/mol. The van der Waals surface area contributed by atoms with Crippen LogP contribution in [0.15, 0.2) is 51.8 Å². The molecule has 1 unspecified atom stereocenters. The first-order valence-electron chi connectivity index (χ1n) is 7.31. The van der Waals surface area contributed by atoms with Gasteiger partial charge in [0.1, 0.15) is 0 Å². The Bertz CT molecular complexity index is 598. The quantitative estimate of drug-likeness (QED) is 0.658. The Hall–Kier alpha value is -0.770. The molecule has 0 amide bonds. The Labute approximate surface area is 140 Å². The maximum atomic E-state index is 3.59. The van der Waals surface area contributed by atoms with E-state index in [1.807, 2.05) is 11.8 Å². The number of hydrogen-bond acceptors (Lipinski definition) is 2. The molecule has 0 saturated carbocycles. The van der Waals surface area contributed by atoms with Crippen LogP contribution in [0.3, 0.4) is 0 Å². The van der Waals surface area contributed by atoms with E-state index in [0.29, 0.717) is 6.04 Å². The van der Waals surface area contributed by atoms with E-state index in [1.165, 1.54) is 21.6 Å². The lowest BCUT2D eigenvalue weighted by atomic mass is 10.1. The first-order valence-corrected chi connectivity index (χ1v) is 9.09. The molecule has 0 spiro atoms. The van der Waals surface area contributed by atoms with Crippen molar-refractivity contribution in [3.63, 3.8) is 0 Å². The summed E-state index contributed by atoms with van der Waals surface area (Å²) in [6, 6.07) is 15.7. The van der Waals surface area contributed by atoms with Gasteiger partial charge in [-0.05, 0) is 43.7 Å². The number of hydrogen-bond donors (Lipinski definition) is 1. The number of rotatable bonds is 6. The van der Waals surface area contributed by atoms with Gasteiger partial charge < -0.3 is 5.32 Å². The van der Waals surface area contributed by atoms with Gasteiger partial charge in [-0.25, -0.2) is 0 Å². The van der Waals surface area contributed by atoms with Gasteiger partial charge in [0.15, 0.2) is 0 Å². The molecule has 1 N–H and O–H groups in total. The molecule has 0 aliphatic carbocycles. The summed E-state index contributed by atoms with van der Waals surface area (Å²) in [5.41, 5.74) is 4.07. The fourth-order valence-electron chi connectivity index (χ4n) is 2.37. The fraction of sp³-hybridized carbons (Fsp3) is 0.333. The van der Waals surface area contributed by atoms with Crippen LogP contribution in [0.25, 0.3) is 0 Å². The second kappa shape index (κ2) is 8.02. The minimum atomic E-state index is 0.378. The maximum Gasteiger partial charge on any atom is 0.0302 e. The van der Waals surface area contributed by atoms with Crippen LogP contribution in [0.4, 0.5) is 0 Å². The van der Waals surface area contributed by atoms with E-state index in [2.05, 4.69) is 84.5 Å². The third kappa shape index (κ3) is 4.87. The van der Waals surface area contributed by atoms with Gasteiger partial charge in [0.2, 0.25) is 0 Å². The summed E-state index contributed by atoms with van der Waals surface area (Å²) >= 11 is 5.50. The van der Waals surface area contributed by atoms with Crippen LogP contribution < -0.4 is 5.32 Å². The molecule has 21 heavy (non-hydrogen) atoms. The van der Waals surface area contributed by atoms with Crippen LogP contribution in [0.1, 0.15) is 36.6 Å². The Balaban J connectivity index is 2.16. The summed E-state index contributed by atoms with van der Waals surface area (Å²) in [7, 11) is 0. The first kappa shape index (κ1) is 16.6. The fourth-order valence-corrected chi connectivity index (χ4v) is 4.01. The molecule has 0 aliphatic heterocycles. The molecular weight excluding hydrogens is 342 g/mol. The number of nitrogens with one attached hydrogen (secondary N) is 1. The minimum Gasteiger partial charge on any atom is -0.310 e. The van der Waals surface area contributed by atoms with Crippen molar-refractivity contribution < 1.29 is 0 Å². The van der Waals surface area contributed by atoms with Gasteiger partial charge in [-0.15, -0.1) is 11.8 Å². The van der Waals surface area contributed by atoms with E-state index in [0.717, 1.165) is 16.8 Å². The Morgan fingerprint density at radius 1 is 1.19 bits per heavy atom. The molecule has 0 aromatic heterocycles. The molecule has 0 fully saturated rings. The van der Waals surface area contributed by atoms with Crippen molar-refractivity contribution in [1.29, 1.82) is 0 Å². The van der Waals surface area contributed by atoms with Gasteiger partial charge in [0.25, 0.3) is 0 Å². The van der Waals surface area contributed by atoms with Crippen LogP contribution in [-0.4, -0.2) is 6.54 Å². The van der Waals surface area contributed by atoms with Crippen LogP contribution in [0, 0.1) is 6.92 Å². The average Bonchev–Trinajstić information content (AvgIpc) is 2.45. The lowest BCUT2D eigenvalue weighted by Gasteiger charge is -2.17. The summed E-state index contributed by atoms with van der Waals surface area (Å²) in [5.74, 6) is 1.00. The smallest absolute Gasteiger partial charge is 0.0302 e. The highest BCUT2D eigenvalue weighted by Crippen LogP contribution is 2.32. The highest BCUT2D eigenvalue weighted by Gasteiger charge is 2.11. The predicted molar refractivity (Wildman–Crippen MR) is 97.0 cm³/mol. The normalized spacial score (nSPS) is 12.4. The van der Waals surface area contributed by atoms with Gasteiger partial charge in [-0.1, -0.05) is 58.7 Å². The van der Waals surface area contributed by atoms with Crippen LogP contribution >= 0.6 is 27.7 Å². The monoisotopic (exact) mass is 363 g/mol. The maximum absolute atomic E-state index is 3.59. The molecule has 0 bridgehead atoms. The zero-order valence-corrected chi connectivity index (χ0v) is 15.2. The topological polar surface area (TPSA) is 12.0 Å². The molecule has 0 saturated heterocycles. The van der Waals surface area contributed by atoms with Crippen LogP contribution in [0.5, 0.6) is 0 Å². The van der Waals surface area contributed by atoms with Crippen molar-refractivity contribution in [2.75, 3.05) is 6.54 Å². The number of thioether (sulfide) groups is 1. The third-order valence-corrected chi connectivity index (χ3v) is 5.06. The van der Waals surface area contributed by atoms with Crippen molar-refractivity contribution in [1.82, 2.24) is 5.32 Å². The Morgan fingerprint density at radius 2 is 2.00 bits per heavy atom. The standard InChI is InChI=1S/C18H22BrNS/c1-4-20-14(3)17-9-8-16(19)11-18(17)21-12-15-7-5-6-13(2)10-15/h5-11,14,20H,4,12H2,1-3H3. The first-order chi connectivity index (χ1) is 10.1. The highest BCUT2D eigenvalue weighted by atomic mass is 79.9. The van der Waals surface area contributed by atoms with Crippen molar-refractivity contribution >= 4 is 27.7 Å². The lowest BCUT2D eigenvalue weighted by Crippen LogP contribution is -2.18. The van der Waals surface area contributed by atoms with Gasteiger partial charge in [-0.2, -0.15) is 0 Å². The van der Waals surface area contributed by atoms with Crippen molar-refractivity contribution in [2.24, 2.45) is 0 Å². The molecule has 2 aromatic carbocycles. The summed E-state index contributed by atoms with van der Waals surface area (Å²) < 4.78 is 1.14. The minimum absolute atomic E-state index is 0.378. The molecule has 0 radical (unpaired) electrons. The van der Waals surface area contributed by atoms with Crippen LogP contribution in [0.2, 0.25) is 0 Å². The van der Waals surface area contributed by atoms with E-state index in [-0.39, 0.29) is 0 Å². The molecule has 0 aliphatic rings. The van der Waals surface area contributed by atoms with E-state index in [4.69, 9.17) is 0 Å². The summed E-state index contributed by atoms with van der Waals surface area (Å²) in [6.45, 7) is 7.50. The van der Waals surface area contributed by atoms with Crippen molar-refractivity contribution in [2.45, 2.75) is 37.5 Å². The Morgan fingerprint density at radius 3 is 2.71 bits per heavy atom. The summed E-state index contributed by atoms with van der Waals surface area (Å²) in [6.07, 6.45) is 0. The van der Waals surface area contributed by atoms with Crippen molar-refractivity contribution in [3.8, 4) is 0 Å². The van der Waals surface area contributed by atoms with E-state index >= 15 is 0 Å². The molecule has 3 heteroatoms. The number of aryl methyl sites for hydroxylation is 1. The second-order valence-corrected chi connectivity index (χ2v) is 7.17. The van der Waals surface area contributed by atoms with Crippen LogP contribution in [-0.2, 0) is 5.75 Å². The summed E-state index contributed by atoms with van der Waals surface area (Å²) in [5, 5.41) is 3.50. The van der Waals surface area contributed by atoms with Gasteiger partial charge >= 0.3 is 0 Å². The highest BCUT2D eigenvalue weighted by molar-refractivity contribution is 9.10. The van der Waals surface area contributed by atoms with Crippen molar-refractivity contribution in [3.05, 3.63) is 63.6 Å². The molecule has 2 rings (SSSR count). The summed E-state index contributed by atoms with van der Waals surface area (Å²) in [4.78, 5) is 1.35. The van der Waals surface area contributed by atoms with E-state index < -0.39 is 0 Å². The molecule has 0 heterocycles. The molecule has 112 valence electrons. The third-order valence-electron chi connectivity index (χ3n) is 3.43.